The maximum Gasteiger partial charge on any atom is 0.108 e. The summed E-state index contributed by atoms with van der Waals surface area (Å²) >= 11 is 0. The first-order valence-electron chi connectivity index (χ1n) is 7.76. The standard InChI is InChI=1S/C19H20N2O/c1-13-12-16-15-10-6-7-11-17(15)20-18(16)19(2,21(13)22)14-8-4-3-5-9-14/h3-11,13,20,22H,12H2,1-2H3/t13-,19-/m1/s1. The Morgan fingerprint density at radius 3 is 2.55 bits per heavy atom. The van der Waals surface area contributed by atoms with Gasteiger partial charge in [0.1, 0.15) is 5.54 Å². The second-order valence-electron chi connectivity index (χ2n) is 6.36. The minimum atomic E-state index is -0.562. The molecule has 0 saturated heterocycles. The van der Waals surface area contributed by atoms with Crippen LogP contribution in [-0.2, 0) is 12.0 Å². The molecule has 1 aromatic heterocycles. The van der Waals surface area contributed by atoms with Crippen LogP contribution in [0.3, 0.4) is 0 Å². The molecule has 4 rings (SSSR count). The van der Waals surface area contributed by atoms with Crippen LogP contribution in [0.1, 0.15) is 30.7 Å². The minimum absolute atomic E-state index is 0.0666. The van der Waals surface area contributed by atoms with Crippen molar-refractivity contribution in [2.75, 3.05) is 0 Å². The Morgan fingerprint density at radius 1 is 1.09 bits per heavy atom. The summed E-state index contributed by atoms with van der Waals surface area (Å²) in [6.45, 7) is 4.16. The van der Waals surface area contributed by atoms with Gasteiger partial charge in [-0.05, 0) is 37.5 Å². The summed E-state index contributed by atoms with van der Waals surface area (Å²) in [6, 6.07) is 18.7. The fourth-order valence-corrected chi connectivity index (χ4v) is 3.80. The van der Waals surface area contributed by atoms with Gasteiger partial charge < -0.3 is 10.2 Å². The van der Waals surface area contributed by atoms with Crippen molar-refractivity contribution in [3.05, 3.63) is 71.4 Å². The zero-order valence-electron chi connectivity index (χ0n) is 12.9. The van der Waals surface area contributed by atoms with Crippen LogP contribution in [0.15, 0.2) is 54.6 Å². The largest absolute Gasteiger partial charge is 0.356 e. The summed E-state index contributed by atoms with van der Waals surface area (Å²) < 4.78 is 0. The van der Waals surface area contributed by atoms with Crippen molar-refractivity contribution in [1.29, 1.82) is 0 Å². The van der Waals surface area contributed by atoms with Crippen LogP contribution in [-0.4, -0.2) is 21.3 Å². The van der Waals surface area contributed by atoms with Crippen LogP contribution in [0.2, 0.25) is 0 Å². The molecule has 112 valence electrons. The maximum absolute atomic E-state index is 10.8. The van der Waals surface area contributed by atoms with Crippen molar-refractivity contribution in [3.8, 4) is 0 Å². The molecule has 0 saturated carbocycles. The average molecular weight is 292 g/mol. The van der Waals surface area contributed by atoms with Crippen LogP contribution in [0.5, 0.6) is 0 Å². The molecule has 0 amide bonds. The zero-order chi connectivity index (χ0) is 15.3. The van der Waals surface area contributed by atoms with Gasteiger partial charge in [0.05, 0.1) is 0 Å². The quantitative estimate of drug-likeness (QED) is 0.709. The average Bonchev–Trinajstić information content (AvgIpc) is 2.93. The molecule has 3 nitrogen and oxygen atoms in total. The smallest absolute Gasteiger partial charge is 0.108 e. The number of para-hydroxylation sites is 1. The van der Waals surface area contributed by atoms with Crippen LogP contribution in [0.25, 0.3) is 10.9 Å². The highest BCUT2D eigenvalue weighted by Crippen LogP contribution is 2.43. The first kappa shape index (κ1) is 13.6. The fraction of sp³-hybridized carbons (Fsp3) is 0.263. The number of hydrogen-bond donors (Lipinski definition) is 2. The van der Waals surface area contributed by atoms with Crippen molar-refractivity contribution in [2.45, 2.75) is 31.8 Å². The van der Waals surface area contributed by atoms with Gasteiger partial charge in [0, 0.05) is 22.6 Å². The summed E-state index contributed by atoms with van der Waals surface area (Å²) in [5.74, 6) is 0. The van der Waals surface area contributed by atoms with Gasteiger partial charge in [0.15, 0.2) is 0 Å². The second kappa shape index (κ2) is 4.70. The van der Waals surface area contributed by atoms with E-state index in [0.29, 0.717) is 0 Å². The number of hydrogen-bond acceptors (Lipinski definition) is 2. The summed E-state index contributed by atoms with van der Waals surface area (Å²) in [6.07, 6.45) is 0.846. The summed E-state index contributed by atoms with van der Waals surface area (Å²) in [5.41, 5.74) is 4.09. The first-order valence-corrected chi connectivity index (χ1v) is 7.76. The Bertz CT molecular complexity index is 824. The molecule has 3 aromatic rings. The lowest BCUT2D eigenvalue weighted by Gasteiger charge is -2.44. The Hall–Kier alpha value is -2.10. The van der Waals surface area contributed by atoms with Gasteiger partial charge >= 0.3 is 0 Å². The third-order valence-corrected chi connectivity index (χ3v) is 5.01. The lowest BCUT2D eigenvalue weighted by molar-refractivity contribution is -0.191. The second-order valence-corrected chi connectivity index (χ2v) is 6.36. The molecule has 0 fully saturated rings. The van der Waals surface area contributed by atoms with Crippen molar-refractivity contribution < 1.29 is 5.21 Å². The van der Waals surface area contributed by atoms with E-state index in [1.165, 1.54) is 16.0 Å². The third kappa shape index (κ3) is 1.70. The predicted octanol–water partition coefficient (Wildman–Crippen LogP) is 4.07. The highest BCUT2D eigenvalue weighted by molar-refractivity contribution is 5.85. The van der Waals surface area contributed by atoms with E-state index in [-0.39, 0.29) is 6.04 Å². The molecule has 2 N–H and O–H groups in total. The number of hydroxylamine groups is 2. The van der Waals surface area contributed by atoms with Gasteiger partial charge in [-0.15, -0.1) is 0 Å². The number of nitrogens with one attached hydrogen (secondary N) is 1. The van der Waals surface area contributed by atoms with Gasteiger partial charge in [0.2, 0.25) is 0 Å². The molecule has 2 aromatic carbocycles. The van der Waals surface area contributed by atoms with Gasteiger partial charge in [-0.25, -0.2) is 0 Å². The number of rotatable bonds is 1. The first-order chi connectivity index (χ1) is 10.6. The predicted molar refractivity (Wildman–Crippen MR) is 88.0 cm³/mol. The van der Waals surface area contributed by atoms with Crippen LogP contribution in [0, 0.1) is 0 Å². The maximum atomic E-state index is 10.8. The Balaban J connectivity index is 2.04. The molecule has 0 spiro atoms. The van der Waals surface area contributed by atoms with Gasteiger partial charge in [0.25, 0.3) is 0 Å². The van der Waals surface area contributed by atoms with E-state index < -0.39 is 5.54 Å². The molecule has 2 heterocycles. The van der Waals surface area contributed by atoms with Crippen LogP contribution >= 0.6 is 0 Å². The Kier molecular flexibility index (Phi) is 2.90. The van der Waals surface area contributed by atoms with Gasteiger partial charge in [-0.2, -0.15) is 5.06 Å². The molecule has 22 heavy (non-hydrogen) atoms. The highest BCUT2D eigenvalue weighted by atomic mass is 16.5. The van der Waals surface area contributed by atoms with E-state index in [0.717, 1.165) is 23.2 Å². The number of benzene rings is 2. The van der Waals surface area contributed by atoms with E-state index in [1.807, 2.05) is 24.3 Å². The molecule has 0 bridgehead atoms. The number of nitrogens with zero attached hydrogens (tertiary/aromatic N) is 1. The minimum Gasteiger partial charge on any atom is -0.356 e. The topological polar surface area (TPSA) is 39.3 Å². The van der Waals surface area contributed by atoms with Crippen molar-refractivity contribution in [1.82, 2.24) is 10.0 Å². The zero-order valence-corrected chi connectivity index (χ0v) is 12.9. The van der Waals surface area contributed by atoms with E-state index in [4.69, 9.17) is 0 Å². The van der Waals surface area contributed by atoms with Gasteiger partial charge in [-0.3, -0.25) is 0 Å². The lowest BCUT2D eigenvalue weighted by Crippen LogP contribution is -2.52. The van der Waals surface area contributed by atoms with Gasteiger partial charge in [-0.1, -0.05) is 48.5 Å². The number of aromatic amines is 1. The number of fused-ring (bicyclic) bond motifs is 3. The molecule has 3 heteroatoms. The molecule has 0 unspecified atom stereocenters. The van der Waals surface area contributed by atoms with Crippen LogP contribution in [0.4, 0.5) is 0 Å². The molecule has 1 aliphatic rings. The van der Waals surface area contributed by atoms with Crippen LogP contribution < -0.4 is 0 Å². The summed E-state index contributed by atoms with van der Waals surface area (Å²) in [5, 5.41) is 13.6. The lowest BCUT2D eigenvalue weighted by atomic mass is 9.80. The Labute approximate surface area is 130 Å². The normalized spacial score (nSPS) is 25.3. The molecule has 1 aliphatic heterocycles. The number of H-pyrrole nitrogens is 1. The number of aromatic nitrogens is 1. The van der Waals surface area contributed by atoms with Crippen molar-refractivity contribution >= 4 is 10.9 Å². The van der Waals surface area contributed by atoms with E-state index in [2.05, 4.69) is 49.2 Å². The molecule has 0 radical (unpaired) electrons. The molecular formula is C19H20N2O. The van der Waals surface area contributed by atoms with E-state index in [1.54, 1.807) is 0 Å². The van der Waals surface area contributed by atoms with E-state index >= 15 is 0 Å². The highest BCUT2D eigenvalue weighted by Gasteiger charge is 2.44. The monoisotopic (exact) mass is 292 g/mol. The summed E-state index contributed by atoms with van der Waals surface area (Å²) in [7, 11) is 0. The van der Waals surface area contributed by atoms with Crippen molar-refractivity contribution in [3.63, 3.8) is 0 Å². The third-order valence-electron chi connectivity index (χ3n) is 5.01. The summed E-state index contributed by atoms with van der Waals surface area (Å²) in [4.78, 5) is 3.55. The molecular weight excluding hydrogens is 272 g/mol. The fourth-order valence-electron chi connectivity index (χ4n) is 3.80. The SMILES string of the molecule is C[C@@H]1Cc2c([nH]c3ccccc23)[C@@](C)(c2ccccc2)N1O. The Morgan fingerprint density at radius 2 is 1.77 bits per heavy atom. The van der Waals surface area contributed by atoms with Crippen molar-refractivity contribution in [2.24, 2.45) is 0 Å². The van der Waals surface area contributed by atoms with E-state index in [9.17, 15) is 5.21 Å². The molecule has 2 atom stereocenters. The molecule has 0 aliphatic carbocycles.